The molecular formula is C29H39FIN2OP. The predicted octanol–water partition coefficient (Wildman–Crippen LogP) is 10.2. The fourth-order valence-corrected chi connectivity index (χ4v) is 5.07. The van der Waals surface area contributed by atoms with Gasteiger partial charge in [-0.15, -0.1) is 0 Å². The maximum absolute atomic E-state index is 14.9. The highest BCUT2D eigenvalue weighted by Crippen LogP contribution is 2.35. The molecular weight excluding hydrogens is 569 g/mol. The normalized spacial score (nSPS) is 10.1. The minimum absolute atomic E-state index is 0.296. The van der Waals surface area contributed by atoms with Crippen LogP contribution in [0.5, 0.6) is 5.75 Å². The van der Waals surface area contributed by atoms with Crippen molar-refractivity contribution < 1.29 is 9.13 Å². The van der Waals surface area contributed by atoms with E-state index in [-0.39, 0.29) is 5.82 Å². The van der Waals surface area contributed by atoms with Crippen LogP contribution < -0.4 is 4.74 Å². The van der Waals surface area contributed by atoms with Crippen LogP contribution >= 0.6 is 28.4 Å². The van der Waals surface area contributed by atoms with Gasteiger partial charge < -0.3 is 4.74 Å². The van der Waals surface area contributed by atoms with Gasteiger partial charge in [-0.1, -0.05) is 90.9 Å². The van der Waals surface area contributed by atoms with Crippen molar-refractivity contribution in [1.29, 1.82) is 0 Å². The van der Waals surface area contributed by atoms with Crippen LogP contribution in [-0.4, -0.2) is 9.55 Å². The van der Waals surface area contributed by atoms with E-state index in [1.54, 1.807) is 6.07 Å². The Hall–Kier alpha value is -1.98. The van der Waals surface area contributed by atoms with Gasteiger partial charge in [0.25, 0.3) is 0 Å². The zero-order valence-corrected chi connectivity index (χ0v) is 25.4. The molecule has 0 amide bonds. The first-order chi connectivity index (χ1) is 17.1. The Kier molecular flexibility index (Phi) is 14.8. The molecule has 0 radical (unpaired) electrons. The quantitative estimate of drug-likeness (QED) is 0.161. The molecule has 0 aliphatic carbocycles. The molecule has 0 aliphatic rings. The van der Waals surface area contributed by atoms with E-state index < -0.39 is 0 Å². The molecule has 0 bridgehead atoms. The molecule has 0 spiro atoms. The smallest absolute Gasteiger partial charge is 0.165 e. The first kappa shape index (κ1) is 31.1. The van der Waals surface area contributed by atoms with Crippen LogP contribution in [-0.2, 0) is 13.0 Å². The van der Waals surface area contributed by atoms with E-state index in [1.807, 2.05) is 89.3 Å². The molecule has 0 fully saturated rings. The maximum Gasteiger partial charge on any atom is 0.165 e. The lowest BCUT2D eigenvalue weighted by Crippen LogP contribution is -2.00. The van der Waals surface area contributed by atoms with Crippen molar-refractivity contribution in [2.24, 2.45) is 0 Å². The van der Waals surface area contributed by atoms with Gasteiger partial charge >= 0.3 is 0 Å². The van der Waals surface area contributed by atoms with Gasteiger partial charge in [0.15, 0.2) is 11.6 Å². The van der Waals surface area contributed by atoms with E-state index in [9.17, 15) is 4.39 Å². The summed E-state index contributed by atoms with van der Waals surface area (Å²) in [4.78, 5) is 0. The number of hydrogen-bond acceptors (Lipinski definition) is 2. The Morgan fingerprint density at radius 3 is 2.20 bits per heavy atom. The van der Waals surface area contributed by atoms with Gasteiger partial charge in [0, 0.05) is 5.39 Å². The van der Waals surface area contributed by atoms with Gasteiger partial charge in [0.1, 0.15) is 6.61 Å². The molecule has 4 aromatic rings. The summed E-state index contributed by atoms with van der Waals surface area (Å²) in [6.45, 7) is 16.4. The summed E-state index contributed by atoms with van der Waals surface area (Å²) in [5.74, 6) is -0.0427. The van der Waals surface area contributed by atoms with E-state index in [2.05, 4.69) is 52.3 Å². The Morgan fingerprint density at radius 1 is 0.943 bits per heavy atom. The monoisotopic (exact) mass is 608 g/mol. The number of fused-ring (bicyclic) bond motifs is 1. The number of halogens is 2. The van der Waals surface area contributed by atoms with Crippen LogP contribution in [0, 0.1) is 12.7 Å². The SMILES string of the molecule is CC.CC.CC.CCc1cc(OCc2ccccc2)c(F)cc1-c1ccc2c(C)nn(PI)c2c1. The molecule has 6 heteroatoms. The van der Waals surface area contributed by atoms with Gasteiger partial charge in [0.2, 0.25) is 0 Å². The van der Waals surface area contributed by atoms with E-state index in [4.69, 9.17) is 4.74 Å². The van der Waals surface area contributed by atoms with Crippen molar-refractivity contribution in [3.63, 3.8) is 0 Å². The van der Waals surface area contributed by atoms with Crippen molar-refractivity contribution in [3.8, 4) is 16.9 Å². The summed E-state index contributed by atoms with van der Waals surface area (Å²) in [5.41, 5.74) is 6.08. The number of aromatic nitrogens is 2. The molecule has 3 nitrogen and oxygen atoms in total. The number of benzene rings is 3. The molecule has 1 atom stereocenters. The lowest BCUT2D eigenvalue weighted by atomic mass is 9.96. The maximum atomic E-state index is 14.9. The van der Waals surface area contributed by atoms with Crippen LogP contribution in [0.4, 0.5) is 4.39 Å². The lowest BCUT2D eigenvalue weighted by Gasteiger charge is -2.14. The molecule has 0 saturated carbocycles. The zero-order chi connectivity index (χ0) is 26.4. The minimum atomic E-state index is -0.339. The molecule has 35 heavy (non-hydrogen) atoms. The fraction of sp³-hybridized carbons (Fsp3) is 0.345. The summed E-state index contributed by atoms with van der Waals surface area (Å²) in [6.07, 6.45) is 1.31. The third-order valence-electron chi connectivity index (χ3n) is 5.03. The van der Waals surface area contributed by atoms with Crippen LogP contribution in [0.1, 0.15) is 65.3 Å². The van der Waals surface area contributed by atoms with E-state index >= 15 is 0 Å². The summed E-state index contributed by atoms with van der Waals surface area (Å²) < 4.78 is 22.7. The molecule has 0 N–H and O–H groups in total. The number of aryl methyl sites for hydroxylation is 2. The summed E-state index contributed by atoms with van der Waals surface area (Å²) >= 11 is 2.33. The van der Waals surface area contributed by atoms with E-state index in [0.29, 0.717) is 18.7 Å². The summed E-state index contributed by atoms with van der Waals surface area (Å²) in [5, 5.41) is 5.74. The molecule has 3 aromatic carbocycles. The second-order valence-electron chi connectivity index (χ2n) is 6.88. The van der Waals surface area contributed by atoms with Crippen molar-refractivity contribution in [3.05, 3.63) is 83.3 Å². The van der Waals surface area contributed by atoms with Gasteiger partial charge in [-0.05, 0) is 75.8 Å². The molecule has 1 heterocycles. The van der Waals surface area contributed by atoms with Crippen molar-refractivity contribution in [2.75, 3.05) is 0 Å². The molecule has 0 saturated heterocycles. The first-order valence-corrected chi connectivity index (χ1v) is 16.5. The second-order valence-corrected chi connectivity index (χ2v) is 8.92. The van der Waals surface area contributed by atoms with Gasteiger partial charge in [-0.3, -0.25) is 0 Å². The average molecular weight is 609 g/mol. The standard InChI is InChI=1S/C23H21FIN2OP.3C2H6/c1-3-17-12-23(28-14-16-7-5-4-6-8-16)21(24)13-20(17)18-9-10-19-15(2)26-27(29-25)22(19)11-18;3*1-2/h4-13,29H,3,14H2,1-2H3;3*1-2H3. The molecule has 0 aliphatic heterocycles. The van der Waals surface area contributed by atoms with E-state index in [0.717, 1.165) is 45.3 Å². The largest absolute Gasteiger partial charge is 0.486 e. The molecule has 1 unspecified atom stereocenters. The Bertz CT molecular complexity index is 1160. The number of ether oxygens (including phenoxy) is 1. The minimum Gasteiger partial charge on any atom is -0.486 e. The highest BCUT2D eigenvalue weighted by molar-refractivity contribution is 14.2. The third-order valence-corrected chi connectivity index (χ3v) is 6.90. The van der Waals surface area contributed by atoms with Crippen LogP contribution in [0.2, 0.25) is 0 Å². The third kappa shape index (κ3) is 8.01. The Morgan fingerprint density at radius 2 is 1.60 bits per heavy atom. The highest BCUT2D eigenvalue weighted by atomic mass is 127. The van der Waals surface area contributed by atoms with Crippen LogP contribution in [0.25, 0.3) is 22.0 Å². The Labute approximate surface area is 225 Å². The van der Waals surface area contributed by atoms with Gasteiger partial charge in [0.05, 0.1) is 17.6 Å². The van der Waals surface area contributed by atoms with Crippen LogP contribution in [0.15, 0.2) is 60.7 Å². The van der Waals surface area contributed by atoms with Gasteiger partial charge in [-0.25, -0.2) is 8.84 Å². The Balaban J connectivity index is 0.000000949. The molecule has 4 rings (SSSR count). The van der Waals surface area contributed by atoms with E-state index in [1.165, 1.54) is 0 Å². The predicted molar refractivity (Wildman–Crippen MR) is 162 cm³/mol. The zero-order valence-electron chi connectivity index (χ0n) is 22.2. The molecule has 1 aromatic heterocycles. The second kappa shape index (κ2) is 16.6. The van der Waals surface area contributed by atoms with Crippen molar-refractivity contribution >= 4 is 39.3 Å². The lowest BCUT2D eigenvalue weighted by molar-refractivity contribution is 0.290. The fourth-order valence-electron chi connectivity index (χ4n) is 3.51. The number of rotatable bonds is 6. The van der Waals surface area contributed by atoms with Gasteiger partial charge in [-0.2, -0.15) is 5.10 Å². The molecule has 190 valence electrons. The van der Waals surface area contributed by atoms with Crippen molar-refractivity contribution in [1.82, 2.24) is 9.55 Å². The first-order valence-electron chi connectivity index (χ1n) is 12.5. The summed E-state index contributed by atoms with van der Waals surface area (Å²) in [6, 6.07) is 19.5. The highest BCUT2D eigenvalue weighted by Gasteiger charge is 2.14. The van der Waals surface area contributed by atoms with Crippen LogP contribution in [0.3, 0.4) is 0 Å². The number of hydrogen-bond donors (Lipinski definition) is 0. The average Bonchev–Trinajstić information content (AvgIpc) is 3.26. The van der Waals surface area contributed by atoms with Crippen molar-refractivity contribution in [2.45, 2.75) is 68.4 Å². The topological polar surface area (TPSA) is 27.1 Å². The number of nitrogens with zero attached hydrogens (tertiary/aromatic N) is 2. The summed E-state index contributed by atoms with van der Waals surface area (Å²) in [7, 11) is 0.